The molecular weight excluding hydrogens is 271 g/mol. The Morgan fingerprint density at radius 1 is 1.29 bits per heavy atom. The van der Waals surface area contributed by atoms with Crippen molar-refractivity contribution in [3.8, 4) is 5.75 Å². The van der Waals surface area contributed by atoms with Gasteiger partial charge in [-0.15, -0.1) is 0 Å². The van der Waals surface area contributed by atoms with E-state index >= 15 is 0 Å². The lowest BCUT2D eigenvalue weighted by Gasteiger charge is -2.18. The summed E-state index contributed by atoms with van der Waals surface area (Å²) < 4.78 is 18.4. The van der Waals surface area contributed by atoms with Crippen molar-refractivity contribution in [2.45, 2.75) is 6.42 Å². The van der Waals surface area contributed by atoms with Gasteiger partial charge in [0, 0.05) is 25.7 Å². The molecule has 0 radical (unpaired) electrons. The van der Waals surface area contributed by atoms with Gasteiger partial charge in [0.15, 0.2) is 11.6 Å². The Morgan fingerprint density at radius 2 is 2.10 bits per heavy atom. The number of hydrogen-bond acceptors (Lipinski definition) is 3. The first-order valence-electron chi connectivity index (χ1n) is 7.09. The predicted octanol–water partition coefficient (Wildman–Crippen LogP) is 2.01. The summed E-state index contributed by atoms with van der Waals surface area (Å²) in [7, 11) is 3.48. The Labute approximate surface area is 124 Å². The molecule has 1 fully saturated rings. The van der Waals surface area contributed by atoms with E-state index in [1.54, 1.807) is 18.2 Å². The van der Waals surface area contributed by atoms with Crippen molar-refractivity contribution in [3.05, 3.63) is 35.7 Å². The number of benzene rings is 1. The zero-order valence-corrected chi connectivity index (χ0v) is 12.5. The third-order valence-electron chi connectivity index (χ3n) is 3.63. The first kappa shape index (κ1) is 15.5. The summed E-state index contributed by atoms with van der Waals surface area (Å²) in [6.45, 7) is 3.40. The molecule has 0 unspecified atom stereocenters. The quantitative estimate of drug-likeness (QED) is 0.799. The molecule has 1 aromatic rings. The lowest BCUT2D eigenvalue weighted by Crippen LogP contribution is -2.33. The number of likely N-dealkylation sites (N-methyl/N-ethyl adjacent to an activating group) is 1. The van der Waals surface area contributed by atoms with Crippen LogP contribution in [-0.2, 0) is 4.79 Å². The lowest BCUT2D eigenvalue weighted by molar-refractivity contribution is -0.125. The van der Waals surface area contributed by atoms with Crippen LogP contribution in [0.2, 0.25) is 0 Å². The number of amides is 1. The molecule has 0 aliphatic carbocycles. The van der Waals surface area contributed by atoms with E-state index in [2.05, 4.69) is 11.9 Å². The van der Waals surface area contributed by atoms with Crippen molar-refractivity contribution in [1.82, 2.24) is 9.80 Å². The van der Waals surface area contributed by atoms with Gasteiger partial charge in [-0.1, -0.05) is 6.07 Å². The smallest absolute Gasteiger partial charge is 0.246 e. The second-order valence-corrected chi connectivity index (χ2v) is 5.21. The van der Waals surface area contributed by atoms with Gasteiger partial charge in [-0.25, -0.2) is 4.39 Å². The molecule has 4 nitrogen and oxygen atoms in total. The maximum Gasteiger partial charge on any atom is 0.246 e. The molecule has 114 valence electrons. The van der Waals surface area contributed by atoms with Crippen LogP contribution in [0.15, 0.2) is 24.3 Å². The fourth-order valence-corrected chi connectivity index (χ4v) is 2.33. The van der Waals surface area contributed by atoms with E-state index in [4.69, 9.17) is 4.74 Å². The first-order chi connectivity index (χ1) is 10.1. The molecular formula is C16H21FN2O2. The van der Waals surface area contributed by atoms with E-state index in [9.17, 15) is 9.18 Å². The molecule has 0 bridgehead atoms. The number of carbonyl (C=O) groups is 1. The summed E-state index contributed by atoms with van der Waals surface area (Å²) in [5.74, 6) is -0.251. The number of hydrogen-bond donors (Lipinski definition) is 0. The SMILES string of the molecule is COc1ccc(/C=C/C(=O)N2CCCN(C)CC2)cc1F. The standard InChI is InChI=1S/C16H21FN2O2/c1-18-8-3-9-19(11-10-18)16(20)7-5-13-4-6-15(21-2)14(17)12-13/h4-7,12H,3,8-11H2,1-2H3/b7-5+. The minimum Gasteiger partial charge on any atom is -0.494 e. The summed E-state index contributed by atoms with van der Waals surface area (Å²) in [6, 6.07) is 4.64. The molecule has 5 heteroatoms. The summed E-state index contributed by atoms with van der Waals surface area (Å²) in [6.07, 6.45) is 4.12. The molecule has 1 amide bonds. The van der Waals surface area contributed by atoms with Crippen molar-refractivity contribution >= 4 is 12.0 Å². The van der Waals surface area contributed by atoms with Crippen LogP contribution in [0.5, 0.6) is 5.75 Å². The predicted molar refractivity (Wildman–Crippen MR) is 80.7 cm³/mol. The van der Waals surface area contributed by atoms with Crippen molar-refractivity contribution in [1.29, 1.82) is 0 Å². The zero-order chi connectivity index (χ0) is 15.2. The van der Waals surface area contributed by atoms with E-state index in [1.165, 1.54) is 19.3 Å². The number of rotatable bonds is 3. The highest BCUT2D eigenvalue weighted by Crippen LogP contribution is 2.18. The summed E-state index contributed by atoms with van der Waals surface area (Å²) in [5.41, 5.74) is 0.647. The van der Waals surface area contributed by atoms with Gasteiger partial charge >= 0.3 is 0 Å². The lowest BCUT2D eigenvalue weighted by atomic mass is 10.2. The van der Waals surface area contributed by atoms with Crippen LogP contribution >= 0.6 is 0 Å². The minimum absolute atomic E-state index is 0.0264. The van der Waals surface area contributed by atoms with Gasteiger partial charge in [-0.05, 0) is 43.8 Å². The molecule has 0 spiro atoms. The molecule has 1 aliphatic heterocycles. The molecule has 0 atom stereocenters. The van der Waals surface area contributed by atoms with Crippen LogP contribution < -0.4 is 4.74 Å². The Morgan fingerprint density at radius 3 is 2.81 bits per heavy atom. The van der Waals surface area contributed by atoms with Gasteiger partial charge in [0.05, 0.1) is 7.11 Å². The highest BCUT2D eigenvalue weighted by molar-refractivity contribution is 5.91. The number of nitrogens with zero attached hydrogens (tertiary/aromatic N) is 2. The average molecular weight is 292 g/mol. The summed E-state index contributed by atoms with van der Waals surface area (Å²) in [4.78, 5) is 16.2. The van der Waals surface area contributed by atoms with Gasteiger partial charge in [-0.2, -0.15) is 0 Å². The molecule has 1 saturated heterocycles. The van der Waals surface area contributed by atoms with Gasteiger partial charge in [0.1, 0.15) is 0 Å². The highest BCUT2D eigenvalue weighted by Gasteiger charge is 2.15. The monoisotopic (exact) mass is 292 g/mol. The Kier molecular flexibility index (Phi) is 5.33. The van der Waals surface area contributed by atoms with Crippen molar-refractivity contribution < 1.29 is 13.9 Å². The number of methoxy groups -OCH3 is 1. The van der Waals surface area contributed by atoms with Crippen LogP contribution in [0.1, 0.15) is 12.0 Å². The van der Waals surface area contributed by atoms with Crippen molar-refractivity contribution in [2.75, 3.05) is 40.3 Å². The van der Waals surface area contributed by atoms with Crippen molar-refractivity contribution in [3.63, 3.8) is 0 Å². The van der Waals surface area contributed by atoms with Gasteiger partial charge in [0.2, 0.25) is 5.91 Å². The van der Waals surface area contributed by atoms with E-state index < -0.39 is 5.82 Å². The van der Waals surface area contributed by atoms with Crippen molar-refractivity contribution in [2.24, 2.45) is 0 Å². The summed E-state index contributed by atoms with van der Waals surface area (Å²) in [5, 5.41) is 0. The molecule has 2 rings (SSSR count). The average Bonchev–Trinajstić information content (AvgIpc) is 2.69. The molecule has 0 saturated carbocycles. The number of ether oxygens (including phenoxy) is 1. The van der Waals surface area contributed by atoms with Gasteiger partial charge in [-0.3, -0.25) is 4.79 Å². The topological polar surface area (TPSA) is 32.8 Å². The van der Waals surface area contributed by atoms with Crippen LogP contribution in [0.25, 0.3) is 6.08 Å². The van der Waals surface area contributed by atoms with Gasteiger partial charge < -0.3 is 14.5 Å². The number of carbonyl (C=O) groups excluding carboxylic acids is 1. The van der Waals surface area contributed by atoms with E-state index in [1.807, 2.05) is 4.90 Å². The summed E-state index contributed by atoms with van der Waals surface area (Å²) >= 11 is 0. The second kappa shape index (κ2) is 7.22. The fourth-order valence-electron chi connectivity index (χ4n) is 2.33. The van der Waals surface area contributed by atoms with Crippen LogP contribution in [0.3, 0.4) is 0 Å². The molecule has 0 N–H and O–H groups in total. The van der Waals surface area contributed by atoms with E-state index in [0.29, 0.717) is 5.56 Å². The first-order valence-corrected chi connectivity index (χ1v) is 7.09. The normalized spacial score (nSPS) is 17.0. The largest absolute Gasteiger partial charge is 0.494 e. The Hall–Kier alpha value is -1.88. The maximum atomic E-state index is 13.6. The van der Waals surface area contributed by atoms with Crippen LogP contribution in [0, 0.1) is 5.82 Å². The van der Waals surface area contributed by atoms with Crippen LogP contribution in [-0.4, -0.2) is 56.0 Å². The van der Waals surface area contributed by atoms with E-state index in [0.717, 1.165) is 32.6 Å². The van der Waals surface area contributed by atoms with Crippen LogP contribution in [0.4, 0.5) is 4.39 Å². The third-order valence-corrected chi connectivity index (χ3v) is 3.63. The zero-order valence-electron chi connectivity index (χ0n) is 12.5. The molecule has 1 aromatic carbocycles. The van der Waals surface area contributed by atoms with Gasteiger partial charge in [0.25, 0.3) is 0 Å². The second-order valence-electron chi connectivity index (χ2n) is 5.21. The fraction of sp³-hybridized carbons (Fsp3) is 0.438. The molecule has 0 aromatic heterocycles. The molecule has 1 aliphatic rings. The maximum absolute atomic E-state index is 13.6. The molecule has 21 heavy (non-hydrogen) atoms. The highest BCUT2D eigenvalue weighted by atomic mass is 19.1. The Balaban J connectivity index is 1.99. The number of halogens is 1. The van der Waals surface area contributed by atoms with E-state index in [-0.39, 0.29) is 11.7 Å². The minimum atomic E-state index is -0.427. The molecule has 1 heterocycles. The third kappa shape index (κ3) is 4.29. The Bertz CT molecular complexity index is 531.